The molecule has 0 bridgehead atoms. The summed E-state index contributed by atoms with van der Waals surface area (Å²) in [5.74, 6) is 0.319. The zero-order valence-corrected chi connectivity index (χ0v) is 18.1. The van der Waals surface area contributed by atoms with E-state index in [9.17, 15) is 5.11 Å². The quantitative estimate of drug-likeness (QED) is 0.302. The number of hydrogen-bond acceptors (Lipinski definition) is 1. The lowest BCUT2D eigenvalue weighted by molar-refractivity contribution is 0.484. The Labute approximate surface area is 193 Å². The van der Waals surface area contributed by atoms with E-state index >= 15 is 0 Å². The van der Waals surface area contributed by atoms with Crippen LogP contribution in [0.2, 0.25) is 0 Å². The Hall–Kier alpha value is -4.36. The standard InChI is InChI=1S/C32H22O/c33-32-28-18-10-9-17-27(28)29(23-12-3-1-4-13-23)30(24-14-5-2-6-15-24)31(32)26-20-19-22-11-7-8-16-25(22)21-26/h1-21,33H. The summed E-state index contributed by atoms with van der Waals surface area (Å²) in [7, 11) is 0. The van der Waals surface area contributed by atoms with Crippen LogP contribution in [0, 0.1) is 0 Å². The van der Waals surface area contributed by atoms with Crippen molar-refractivity contribution < 1.29 is 5.11 Å². The van der Waals surface area contributed by atoms with Crippen LogP contribution in [0.15, 0.2) is 127 Å². The van der Waals surface area contributed by atoms with Crippen LogP contribution in [0.25, 0.3) is 54.9 Å². The van der Waals surface area contributed by atoms with Crippen molar-refractivity contribution in [1.29, 1.82) is 0 Å². The highest BCUT2D eigenvalue weighted by molar-refractivity contribution is 6.14. The fourth-order valence-electron chi connectivity index (χ4n) is 4.84. The maximum atomic E-state index is 11.7. The van der Waals surface area contributed by atoms with Crippen LogP contribution in [0.3, 0.4) is 0 Å². The van der Waals surface area contributed by atoms with Crippen molar-refractivity contribution in [2.24, 2.45) is 0 Å². The Bertz CT molecular complexity index is 1600. The normalized spacial score (nSPS) is 11.2. The summed E-state index contributed by atoms with van der Waals surface area (Å²) < 4.78 is 0. The minimum absolute atomic E-state index is 0.319. The molecule has 0 aliphatic carbocycles. The van der Waals surface area contributed by atoms with Crippen LogP contribution < -0.4 is 0 Å². The number of phenols is 1. The lowest BCUT2D eigenvalue weighted by Gasteiger charge is -2.21. The van der Waals surface area contributed by atoms with Crippen molar-refractivity contribution in [3.8, 4) is 39.1 Å². The monoisotopic (exact) mass is 422 g/mol. The van der Waals surface area contributed by atoms with Gasteiger partial charge in [0.1, 0.15) is 5.75 Å². The van der Waals surface area contributed by atoms with Gasteiger partial charge in [0, 0.05) is 16.5 Å². The molecule has 0 amide bonds. The molecule has 6 aromatic carbocycles. The fraction of sp³-hybridized carbons (Fsp3) is 0. The number of aromatic hydroxyl groups is 1. The maximum Gasteiger partial charge on any atom is 0.131 e. The molecule has 0 fully saturated rings. The van der Waals surface area contributed by atoms with Gasteiger partial charge in [-0.05, 0) is 44.5 Å². The zero-order valence-electron chi connectivity index (χ0n) is 18.1. The van der Waals surface area contributed by atoms with E-state index in [2.05, 4.69) is 97.1 Å². The maximum absolute atomic E-state index is 11.7. The Morgan fingerprint density at radius 1 is 0.364 bits per heavy atom. The molecule has 1 heteroatoms. The third kappa shape index (κ3) is 3.26. The van der Waals surface area contributed by atoms with Gasteiger partial charge < -0.3 is 5.11 Å². The van der Waals surface area contributed by atoms with Gasteiger partial charge >= 0.3 is 0 Å². The molecule has 0 spiro atoms. The molecule has 33 heavy (non-hydrogen) atoms. The third-order valence-corrected chi connectivity index (χ3v) is 6.35. The van der Waals surface area contributed by atoms with Crippen LogP contribution in [0.4, 0.5) is 0 Å². The Balaban J connectivity index is 1.81. The topological polar surface area (TPSA) is 20.2 Å². The molecular weight excluding hydrogens is 400 g/mol. The predicted molar refractivity (Wildman–Crippen MR) is 139 cm³/mol. The molecule has 0 radical (unpaired) electrons. The first-order chi connectivity index (χ1) is 16.3. The highest BCUT2D eigenvalue weighted by atomic mass is 16.3. The zero-order chi connectivity index (χ0) is 22.2. The highest BCUT2D eigenvalue weighted by Gasteiger charge is 2.22. The lowest BCUT2D eigenvalue weighted by Crippen LogP contribution is -1.94. The molecule has 6 aromatic rings. The summed E-state index contributed by atoms with van der Waals surface area (Å²) in [5, 5.41) is 15.9. The van der Waals surface area contributed by atoms with Gasteiger partial charge in [-0.2, -0.15) is 0 Å². The molecule has 0 atom stereocenters. The molecule has 0 heterocycles. The van der Waals surface area contributed by atoms with Crippen molar-refractivity contribution in [2.75, 3.05) is 0 Å². The molecular formula is C32H22O. The number of rotatable bonds is 3. The van der Waals surface area contributed by atoms with E-state index in [-0.39, 0.29) is 0 Å². The van der Waals surface area contributed by atoms with Crippen molar-refractivity contribution in [3.05, 3.63) is 127 Å². The van der Waals surface area contributed by atoms with Gasteiger partial charge in [0.2, 0.25) is 0 Å². The minimum atomic E-state index is 0.319. The summed E-state index contributed by atoms with van der Waals surface area (Å²) in [5.41, 5.74) is 6.28. The Morgan fingerprint density at radius 2 is 0.909 bits per heavy atom. The first kappa shape index (κ1) is 19.3. The van der Waals surface area contributed by atoms with Gasteiger partial charge in [0.15, 0.2) is 0 Å². The van der Waals surface area contributed by atoms with Crippen LogP contribution in [-0.2, 0) is 0 Å². The van der Waals surface area contributed by atoms with E-state index in [0.29, 0.717) is 5.75 Å². The highest BCUT2D eigenvalue weighted by Crippen LogP contribution is 2.50. The number of hydrogen-bond donors (Lipinski definition) is 1. The molecule has 0 saturated carbocycles. The van der Waals surface area contributed by atoms with Crippen LogP contribution in [0.1, 0.15) is 0 Å². The third-order valence-electron chi connectivity index (χ3n) is 6.35. The summed E-state index contributed by atoms with van der Waals surface area (Å²) in [4.78, 5) is 0. The van der Waals surface area contributed by atoms with Gasteiger partial charge in [-0.25, -0.2) is 0 Å². The largest absolute Gasteiger partial charge is 0.507 e. The van der Waals surface area contributed by atoms with E-state index in [1.165, 1.54) is 5.39 Å². The molecule has 0 aromatic heterocycles. The molecule has 0 aliphatic heterocycles. The van der Waals surface area contributed by atoms with E-state index in [0.717, 1.165) is 49.5 Å². The smallest absolute Gasteiger partial charge is 0.131 e. The van der Waals surface area contributed by atoms with Gasteiger partial charge in [0.05, 0.1) is 0 Å². The van der Waals surface area contributed by atoms with Crippen molar-refractivity contribution >= 4 is 21.5 Å². The van der Waals surface area contributed by atoms with Crippen LogP contribution >= 0.6 is 0 Å². The number of benzene rings is 6. The second-order valence-corrected chi connectivity index (χ2v) is 8.31. The first-order valence-electron chi connectivity index (χ1n) is 11.2. The van der Waals surface area contributed by atoms with Crippen LogP contribution in [0.5, 0.6) is 5.75 Å². The second-order valence-electron chi connectivity index (χ2n) is 8.31. The van der Waals surface area contributed by atoms with Gasteiger partial charge in [-0.1, -0.05) is 121 Å². The molecule has 1 nitrogen and oxygen atoms in total. The summed E-state index contributed by atoms with van der Waals surface area (Å²) in [6.45, 7) is 0. The molecule has 1 N–H and O–H groups in total. The van der Waals surface area contributed by atoms with E-state index in [4.69, 9.17) is 0 Å². The van der Waals surface area contributed by atoms with E-state index < -0.39 is 0 Å². The van der Waals surface area contributed by atoms with Gasteiger partial charge in [-0.3, -0.25) is 0 Å². The first-order valence-corrected chi connectivity index (χ1v) is 11.2. The van der Waals surface area contributed by atoms with Gasteiger partial charge in [0.25, 0.3) is 0 Å². The Morgan fingerprint density at radius 3 is 1.61 bits per heavy atom. The van der Waals surface area contributed by atoms with E-state index in [1.54, 1.807) is 0 Å². The molecule has 0 aliphatic rings. The molecule has 156 valence electrons. The minimum Gasteiger partial charge on any atom is -0.507 e. The molecule has 6 rings (SSSR count). The molecule has 0 unspecified atom stereocenters. The van der Waals surface area contributed by atoms with Crippen molar-refractivity contribution in [2.45, 2.75) is 0 Å². The van der Waals surface area contributed by atoms with Crippen molar-refractivity contribution in [3.63, 3.8) is 0 Å². The number of fused-ring (bicyclic) bond motifs is 2. The Kier molecular flexibility index (Phi) is 4.66. The van der Waals surface area contributed by atoms with Gasteiger partial charge in [-0.15, -0.1) is 0 Å². The summed E-state index contributed by atoms with van der Waals surface area (Å²) in [6.07, 6.45) is 0. The predicted octanol–water partition coefficient (Wildman–Crippen LogP) is 8.70. The average Bonchev–Trinajstić information content (AvgIpc) is 2.89. The average molecular weight is 423 g/mol. The number of phenolic OH excluding ortho intramolecular Hbond substituents is 1. The van der Waals surface area contributed by atoms with E-state index in [1.807, 2.05) is 30.3 Å². The summed E-state index contributed by atoms with van der Waals surface area (Å²) >= 11 is 0. The SMILES string of the molecule is Oc1c(-c2ccc3ccccc3c2)c(-c2ccccc2)c(-c2ccccc2)c2ccccc12. The second kappa shape index (κ2) is 7.96. The van der Waals surface area contributed by atoms with Crippen molar-refractivity contribution in [1.82, 2.24) is 0 Å². The summed E-state index contributed by atoms with van der Waals surface area (Å²) in [6, 6.07) is 43.8. The lowest BCUT2D eigenvalue weighted by atomic mass is 9.83. The van der Waals surface area contributed by atoms with Crippen LogP contribution in [-0.4, -0.2) is 5.11 Å². The molecule has 0 saturated heterocycles. The fourth-order valence-corrected chi connectivity index (χ4v) is 4.84.